The monoisotopic (exact) mass is 232 g/mol. The molecule has 0 bridgehead atoms. The zero-order chi connectivity index (χ0) is 11.5. The summed E-state index contributed by atoms with van der Waals surface area (Å²) in [7, 11) is 0. The highest BCUT2D eigenvalue weighted by atomic mass is 32.1. The van der Waals surface area contributed by atoms with Gasteiger partial charge in [0.05, 0.1) is 6.54 Å². The summed E-state index contributed by atoms with van der Waals surface area (Å²) in [5, 5.41) is 8.21. The van der Waals surface area contributed by atoms with Crippen LogP contribution in [-0.4, -0.2) is 34.1 Å². The maximum Gasteiger partial charge on any atom is 0.403 e. The zero-order valence-electron chi connectivity index (χ0n) is 6.65. The van der Waals surface area contributed by atoms with Crippen molar-refractivity contribution >= 4 is 24.8 Å². The van der Waals surface area contributed by atoms with E-state index >= 15 is 0 Å². The molecule has 3 N–H and O–H groups in total. The largest absolute Gasteiger partial charge is 0.481 e. The van der Waals surface area contributed by atoms with E-state index in [0.717, 1.165) is 0 Å². The number of nitrogens with zero attached hydrogens (tertiary/aromatic N) is 1. The Bertz CT molecular complexity index is 245. The number of carboxylic acid groups (broad SMARTS) is 1. The van der Waals surface area contributed by atoms with Gasteiger partial charge in [-0.3, -0.25) is 9.10 Å². The number of carbonyl (C=O) groups is 2. The van der Waals surface area contributed by atoms with Gasteiger partial charge in [0, 0.05) is 0 Å². The van der Waals surface area contributed by atoms with E-state index in [1.165, 1.54) is 0 Å². The highest BCUT2D eigenvalue weighted by molar-refractivity contribution is 7.78. The Kier molecular flexibility index (Phi) is 4.05. The summed E-state index contributed by atoms with van der Waals surface area (Å²) in [4.78, 5) is 20.5. The number of hydrogen-bond acceptors (Lipinski definition) is 3. The molecule has 0 aromatic rings. The Morgan fingerprint density at radius 2 is 1.93 bits per heavy atom. The lowest BCUT2D eigenvalue weighted by Crippen LogP contribution is -2.41. The van der Waals surface area contributed by atoms with Crippen LogP contribution in [0.1, 0.15) is 0 Å². The van der Waals surface area contributed by atoms with Crippen molar-refractivity contribution in [2.24, 2.45) is 11.7 Å². The van der Waals surface area contributed by atoms with Crippen molar-refractivity contribution < 1.29 is 27.9 Å². The van der Waals surface area contributed by atoms with Crippen molar-refractivity contribution in [3.8, 4) is 0 Å². The number of carboxylic acids is 1. The third-order valence-corrected chi connectivity index (χ3v) is 1.66. The smallest absolute Gasteiger partial charge is 0.403 e. The molecule has 5 nitrogen and oxygen atoms in total. The van der Waals surface area contributed by atoms with Crippen LogP contribution in [0.5, 0.6) is 0 Å². The van der Waals surface area contributed by atoms with Crippen LogP contribution in [0, 0.1) is 5.92 Å². The van der Waals surface area contributed by atoms with Gasteiger partial charge in [-0.15, -0.1) is 0 Å². The number of urea groups is 1. The minimum atomic E-state index is -4.94. The predicted octanol–water partition coefficient (Wildman–Crippen LogP) is 0.475. The average molecular weight is 232 g/mol. The minimum Gasteiger partial charge on any atom is -0.481 e. The topological polar surface area (TPSA) is 83.6 Å². The standard InChI is InChI=1S/C5H7F3N2O3S/c6-5(7,8)2(3(11)12)1-10(14)4(9)13/h2,14H,1H2,(H2,9,13)(H,11,12). The average Bonchev–Trinajstić information content (AvgIpc) is 1.96. The molecule has 0 aliphatic carbocycles. The molecule has 2 amide bonds. The Balaban J connectivity index is 4.55. The molecule has 1 atom stereocenters. The van der Waals surface area contributed by atoms with E-state index in [1.807, 2.05) is 0 Å². The lowest BCUT2D eigenvalue weighted by Gasteiger charge is -2.20. The number of aliphatic carboxylic acids is 1. The summed E-state index contributed by atoms with van der Waals surface area (Å²) in [5.74, 6) is -4.77. The van der Waals surface area contributed by atoms with Gasteiger partial charge in [-0.1, -0.05) is 12.8 Å². The number of hydrogen-bond donors (Lipinski definition) is 3. The molecule has 0 saturated carbocycles. The molecule has 0 aromatic heterocycles. The van der Waals surface area contributed by atoms with Crippen LogP contribution in [0.4, 0.5) is 18.0 Å². The van der Waals surface area contributed by atoms with Crippen LogP contribution in [0.25, 0.3) is 0 Å². The fraction of sp³-hybridized carbons (Fsp3) is 0.600. The van der Waals surface area contributed by atoms with Gasteiger partial charge in [0.1, 0.15) is 0 Å². The van der Waals surface area contributed by atoms with E-state index in [9.17, 15) is 22.8 Å². The Hall–Kier alpha value is -1.12. The molecular weight excluding hydrogens is 225 g/mol. The van der Waals surface area contributed by atoms with Gasteiger partial charge in [0.25, 0.3) is 0 Å². The van der Waals surface area contributed by atoms with E-state index in [2.05, 4.69) is 18.5 Å². The lowest BCUT2D eigenvalue weighted by atomic mass is 10.1. The molecule has 0 saturated heterocycles. The van der Waals surface area contributed by atoms with Gasteiger partial charge >= 0.3 is 18.2 Å². The summed E-state index contributed by atoms with van der Waals surface area (Å²) in [5.41, 5.74) is 4.58. The lowest BCUT2D eigenvalue weighted by molar-refractivity contribution is -0.193. The first-order valence-electron chi connectivity index (χ1n) is 3.21. The maximum absolute atomic E-state index is 12.0. The van der Waals surface area contributed by atoms with Crippen molar-refractivity contribution in [2.75, 3.05) is 6.54 Å². The zero-order valence-corrected chi connectivity index (χ0v) is 7.55. The number of carbonyl (C=O) groups excluding carboxylic acids is 1. The highest BCUT2D eigenvalue weighted by Crippen LogP contribution is 2.27. The quantitative estimate of drug-likeness (QED) is 0.618. The third-order valence-electron chi connectivity index (χ3n) is 1.30. The van der Waals surface area contributed by atoms with Gasteiger partial charge in [-0.05, 0) is 0 Å². The first kappa shape index (κ1) is 12.9. The van der Waals surface area contributed by atoms with E-state index in [-0.39, 0.29) is 4.31 Å². The summed E-state index contributed by atoms with van der Waals surface area (Å²) < 4.78 is 36.2. The van der Waals surface area contributed by atoms with Gasteiger partial charge in [-0.2, -0.15) is 13.2 Å². The number of amides is 2. The van der Waals surface area contributed by atoms with Gasteiger partial charge in [0.2, 0.25) is 0 Å². The van der Waals surface area contributed by atoms with Crippen LogP contribution in [-0.2, 0) is 4.79 Å². The van der Waals surface area contributed by atoms with E-state index in [1.54, 1.807) is 0 Å². The fourth-order valence-electron chi connectivity index (χ4n) is 0.585. The number of halogens is 3. The first-order valence-corrected chi connectivity index (χ1v) is 3.61. The second kappa shape index (κ2) is 4.40. The van der Waals surface area contributed by atoms with Crippen molar-refractivity contribution in [3.63, 3.8) is 0 Å². The van der Waals surface area contributed by atoms with Crippen molar-refractivity contribution in [2.45, 2.75) is 6.18 Å². The molecule has 0 aromatic carbocycles. The summed E-state index contributed by atoms with van der Waals surface area (Å²) in [6, 6.07) is -1.25. The summed E-state index contributed by atoms with van der Waals surface area (Å²) >= 11 is 3.29. The van der Waals surface area contributed by atoms with Gasteiger partial charge in [0.15, 0.2) is 5.92 Å². The number of rotatable bonds is 3. The Labute approximate surface area is 82.2 Å². The summed E-state index contributed by atoms with van der Waals surface area (Å²) in [6.07, 6.45) is -4.94. The molecule has 0 rings (SSSR count). The molecule has 1 unspecified atom stereocenters. The van der Waals surface area contributed by atoms with Crippen LogP contribution in [0.3, 0.4) is 0 Å². The van der Waals surface area contributed by atoms with Gasteiger partial charge in [-0.25, -0.2) is 4.79 Å². The second-order valence-corrected chi connectivity index (χ2v) is 2.84. The maximum atomic E-state index is 12.0. The second-order valence-electron chi connectivity index (χ2n) is 2.35. The predicted molar refractivity (Wildman–Crippen MR) is 42.5 cm³/mol. The first-order chi connectivity index (χ1) is 6.16. The number of alkyl halides is 3. The molecule has 0 aliphatic rings. The van der Waals surface area contributed by atoms with Crippen LogP contribution < -0.4 is 5.73 Å². The molecule has 14 heavy (non-hydrogen) atoms. The molecule has 82 valence electrons. The Morgan fingerprint density at radius 1 is 1.50 bits per heavy atom. The number of nitrogens with two attached hydrogens (primary N) is 1. The van der Waals surface area contributed by atoms with Crippen molar-refractivity contribution in [1.29, 1.82) is 0 Å². The van der Waals surface area contributed by atoms with E-state index < -0.39 is 30.6 Å². The molecule has 9 heteroatoms. The fourth-order valence-corrected chi connectivity index (χ4v) is 0.748. The van der Waals surface area contributed by atoms with Gasteiger partial charge < -0.3 is 10.8 Å². The van der Waals surface area contributed by atoms with E-state index in [0.29, 0.717) is 0 Å². The summed E-state index contributed by atoms with van der Waals surface area (Å²) in [6.45, 7) is -1.13. The van der Waals surface area contributed by atoms with Crippen LogP contribution in [0.15, 0.2) is 0 Å². The Morgan fingerprint density at radius 3 is 2.14 bits per heavy atom. The minimum absolute atomic E-state index is 0.187. The van der Waals surface area contributed by atoms with Crippen molar-refractivity contribution in [3.05, 3.63) is 0 Å². The SMILES string of the molecule is NC(=O)N(S)CC(C(=O)O)C(F)(F)F. The molecule has 0 spiro atoms. The number of thiol groups is 1. The van der Waals surface area contributed by atoms with Crippen molar-refractivity contribution in [1.82, 2.24) is 4.31 Å². The molecule has 0 heterocycles. The molecule has 0 radical (unpaired) electrons. The number of primary amides is 1. The molecular formula is C5H7F3N2O3S. The van der Waals surface area contributed by atoms with Crippen LogP contribution >= 0.6 is 12.8 Å². The normalized spacial score (nSPS) is 13.4. The highest BCUT2D eigenvalue weighted by Gasteiger charge is 2.46. The van der Waals surface area contributed by atoms with Crippen LogP contribution in [0.2, 0.25) is 0 Å². The third kappa shape index (κ3) is 3.73. The van der Waals surface area contributed by atoms with E-state index in [4.69, 9.17) is 5.11 Å². The molecule has 0 aliphatic heterocycles. The molecule has 0 fully saturated rings.